The molecule has 126 valence electrons. The highest BCUT2D eigenvalue weighted by Gasteiger charge is 2.20. The summed E-state index contributed by atoms with van der Waals surface area (Å²) in [5.41, 5.74) is 4.13. The van der Waals surface area contributed by atoms with E-state index in [-0.39, 0.29) is 24.7 Å². The number of carboxylic acid groups (broad SMARTS) is 2. The van der Waals surface area contributed by atoms with E-state index in [2.05, 4.69) is 5.32 Å². The van der Waals surface area contributed by atoms with E-state index in [9.17, 15) is 24.5 Å². The summed E-state index contributed by atoms with van der Waals surface area (Å²) in [5, 5.41) is 30.5. The predicted octanol–water partition coefficient (Wildman–Crippen LogP) is 0.800. The van der Waals surface area contributed by atoms with E-state index in [4.69, 9.17) is 15.9 Å². The second kappa shape index (κ2) is 8.41. The van der Waals surface area contributed by atoms with Crippen LogP contribution in [0.2, 0.25) is 0 Å². The molecule has 0 bridgehead atoms. The van der Waals surface area contributed by atoms with E-state index >= 15 is 0 Å². The van der Waals surface area contributed by atoms with Gasteiger partial charge in [-0.25, -0.2) is 4.79 Å². The number of nitrogens with two attached hydrogens (primary N) is 1. The van der Waals surface area contributed by atoms with Gasteiger partial charge in [-0.2, -0.15) is 0 Å². The van der Waals surface area contributed by atoms with Gasteiger partial charge in [0.25, 0.3) is 5.69 Å². The van der Waals surface area contributed by atoms with Crippen LogP contribution in [0, 0.1) is 10.1 Å². The second-order valence-electron chi connectivity index (χ2n) is 4.33. The lowest BCUT2D eigenvalue weighted by Crippen LogP contribution is -2.31. The first-order valence-electron chi connectivity index (χ1n) is 6.02. The van der Waals surface area contributed by atoms with Crippen molar-refractivity contribution in [3.05, 3.63) is 33.9 Å². The Balaban J connectivity index is 0.00000484. The molecule has 0 fully saturated rings. The highest BCUT2D eigenvalue weighted by atomic mass is 16.6. The smallest absolute Gasteiger partial charge is 0.342 e. The first kappa shape index (κ1) is 19.9. The number of anilines is 1. The minimum atomic E-state index is -1.50. The molecule has 0 unspecified atom stereocenters. The van der Waals surface area contributed by atoms with Crippen LogP contribution in [-0.2, 0) is 9.59 Å². The first-order chi connectivity index (χ1) is 10.2. The number of hydrogen-bond donors (Lipinski definition) is 5. The first-order valence-corrected chi connectivity index (χ1v) is 6.02. The van der Waals surface area contributed by atoms with Crippen LogP contribution in [0.25, 0.3) is 0 Å². The van der Waals surface area contributed by atoms with Crippen molar-refractivity contribution in [2.24, 2.45) is 5.73 Å². The number of quaternary nitrogens is 1. The molecule has 0 saturated carbocycles. The topological polar surface area (TPSA) is 209 Å². The van der Waals surface area contributed by atoms with Crippen LogP contribution in [0.5, 0.6) is 0 Å². The number of rotatable bonds is 7. The summed E-state index contributed by atoms with van der Waals surface area (Å²) in [7, 11) is 0. The summed E-state index contributed by atoms with van der Waals surface area (Å²) in [4.78, 5) is 42.9. The number of aromatic carboxylic acids is 1. The normalized spacial score (nSPS) is 11.0. The second-order valence-corrected chi connectivity index (χ2v) is 4.33. The highest BCUT2D eigenvalue weighted by Crippen LogP contribution is 2.22. The van der Waals surface area contributed by atoms with Gasteiger partial charge in [0.2, 0.25) is 5.91 Å². The summed E-state index contributed by atoms with van der Waals surface area (Å²) in [6.07, 6.45) is -0.285. The van der Waals surface area contributed by atoms with Crippen molar-refractivity contribution in [1.29, 1.82) is 0 Å². The Morgan fingerprint density at radius 1 is 1.30 bits per heavy atom. The average Bonchev–Trinajstić information content (AvgIpc) is 2.44. The third kappa shape index (κ3) is 5.68. The standard InChI is InChI=1S/C12H13N3O7.H3N/c13-8(12(19)20)2-4-10(16)14-6-1-3-9(15(21)22)7(5-6)11(17)18;/h1,3,5,8H,2,4,13H2,(H,14,16)(H,17,18)(H,19,20);1H3/p+1/t8-;/m0./s1. The molecule has 9 N–H and O–H groups in total. The Labute approximate surface area is 129 Å². The Hall–Kier alpha value is -3.05. The zero-order valence-electron chi connectivity index (χ0n) is 12.2. The molecule has 0 aliphatic rings. The highest BCUT2D eigenvalue weighted by molar-refractivity contribution is 5.96. The summed E-state index contributed by atoms with van der Waals surface area (Å²) >= 11 is 0. The predicted molar refractivity (Wildman–Crippen MR) is 79.5 cm³/mol. The number of aliphatic carboxylic acids is 1. The summed E-state index contributed by atoms with van der Waals surface area (Å²) in [6.45, 7) is 0. The van der Waals surface area contributed by atoms with Crippen molar-refractivity contribution in [3.63, 3.8) is 0 Å². The minimum Gasteiger partial charge on any atom is -0.480 e. The van der Waals surface area contributed by atoms with Gasteiger partial charge in [0.1, 0.15) is 11.6 Å². The fourth-order valence-corrected chi connectivity index (χ4v) is 1.58. The summed E-state index contributed by atoms with van der Waals surface area (Å²) in [5.74, 6) is -3.33. The van der Waals surface area contributed by atoms with Crippen molar-refractivity contribution in [3.8, 4) is 0 Å². The van der Waals surface area contributed by atoms with Gasteiger partial charge in [-0.1, -0.05) is 0 Å². The Morgan fingerprint density at radius 3 is 2.39 bits per heavy atom. The number of nitrogens with one attached hydrogen (secondary N) is 1. The quantitative estimate of drug-likeness (QED) is 0.355. The number of carbonyl (C=O) groups excluding carboxylic acids is 1. The number of nitro benzene ring substituents is 1. The van der Waals surface area contributed by atoms with Gasteiger partial charge < -0.3 is 27.4 Å². The van der Waals surface area contributed by atoms with Gasteiger partial charge in [-0.15, -0.1) is 0 Å². The molecular weight excluding hydrogens is 312 g/mol. The molecule has 1 aromatic carbocycles. The Bertz CT molecular complexity index is 632. The molecule has 1 rings (SSSR count). The number of nitro groups is 1. The van der Waals surface area contributed by atoms with Gasteiger partial charge >= 0.3 is 11.9 Å². The fourth-order valence-electron chi connectivity index (χ4n) is 1.58. The van der Waals surface area contributed by atoms with E-state index in [1.54, 1.807) is 0 Å². The SMILES string of the molecule is N[C@@H](CCC(=O)Nc1ccc([N+](=O)[O-])c(C(=O)O)c1)C(=O)O.[NH4+]. The van der Waals surface area contributed by atoms with Gasteiger partial charge in [0.15, 0.2) is 0 Å². The van der Waals surface area contributed by atoms with Crippen molar-refractivity contribution in [2.45, 2.75) is 18.9 Å². The molecule has 23 heavy (non-hydrogen) atoms. The molecule has 0 radical (unpaired) electrons. The van der Waals surface area contributed by atoms with Gasteiger partial charge in [0.05, 0.1) is 4.92 Å². The maximum atomic E-state index is 11.6. The Kier molecular flexibility index (Phi) is 7.29. The van der Waals surface area contributed by atoms with E-state index in [0.29, 0.717) is 0 Å². The van der Waals surface area contributed by atoms with Crippen molar-refractivity contribution < 1.29 is 29.5 Å². The molecule has 0 saturated heterocycles. The average molecular weight is 329 g/mol. The molecule has 0 aromatic heterocycles. The molecule has 0 heterocycles. The number of benzene rings is 1. The van der Waals surface area contributed by atoms with E-state index in [1.807, 2.05) is 0 Å². The van der Waals surface area contributed by atoms with E-state index in [1.165, 1.54) is 6.07 Å². The molecule has 11 nitrogen and oxygen atoms in total. The fraction of sp³-hybridized carbons (Fsp3) is 0.250. The lowest BCUT2D eigenvalue weighted by atomic mass is 10.1. The Morgan fingerprint density at radius 2 is 1.91 bits per heavy atom. The third-order valence-electron chi connectivity index (χ3n) is 2.71. The summed E-state index contributed by atoms with van der Waals surface area (Å²) in [6, 6.07) is 1.91. The number of carboxylic acids is 2. The minimum absolute atomic E-state index is 0. The monoisotopic (exact) mass is 329 g/mol. The van der Waals surface area contributed by atoms with Crippen LogP contribution in [-0.4, -0.2) is 39.0 Å². The van der Waals surface area contributed by atoms with Crippen molar-refractivity contribution in [1.82, 2.24) is 6.15 Å². The maximum absolute atomic E-state index is 11.6. The molecule has 1 amide bonds. The lowest BCUT2D eigenvalue weighted by Gasteiger charge is -2.08. The number of carbonyl (C=O) groups is 3. The van der Waals surface area contributed by atoms with E-state index < -0.39 is 40.1 Å². The van der Waals surface area contributed by atoms with Crippen molar-refractivity contribution in [2.75, 3.05) is 5.32 Å². The van der Waals surface area contributed by atoms with Crippen LogP contribution in [0.15, 0.2) is 18.2 Å². The van der Waals surface area contributed by atoms with Crippen molar-refractivity contribution >= 4 is 29.2 Å². The van der Waals surface area contributed by atoms with Crippen LogP contribution < -0.4 is 17.2 Å². The largest absolute Gasteiger partial charge is 0.480 e. The zero-order chi connectivity index (χ0) is 16.9. The van der Waals surface area contributed by atoms with Crippen LogP contribution in [0.1, 0.15) is 23.2 Å². The van der Waals surface area contributed by atoms with E-state index in [0.717, 1.165) is 12.1 Å². The molecule has 11 heteroatoms. The van der Waals surface area contributed by atoms with Gasteiger partial charge in [-0.3, -0.25) is 19.7 Å². The molecule has 0 aliphatic heterocycles. The lowest BCUT2D eigenvalue weighted by molar-refractivity contribution is -0.385. The molecular formula is C12H17N4O7+. The zero-order valence-corrected chi connectivity index (χ0v) is 12.2. The summed E-state index contributed by atoms with van der Waals surface area (Å²) < 4.78 is 0. The van der Waals surface area contributed by atoms with Crippen LogP contribution in [0.4, 0.5) is 11.4 Å². The molecule has 1 atom stereocenters. The molecule has 0 spiro atoms. The molecule has 0 aliphatic carbocycles. The van der Waals surface area contributed by atoms with Gasteiger partial charge in [-0.05, 0) is 18.6 Å². The third-order valence-corrected chi connectivity index (χ3v) is 2.71. The molecule has 1 aromatic rings. The number of nitrogens with zero attached hydrogens (tertiary/aromatic N) is 1. The maximum Gasteiger partial charge on any atom is 0.342 e. The van der Waals surface area contributed by atoms with Gasteiger partial charge in [0, 0.05) is 18.2 Å². The number of hydrogen-bond acceptors (Lipinski definition) is 6. The van der Waals surface area contributed by atoms with Crippen LogP contribution in [0.3, 0.4) is 0 Å². The van der Waals surface area contributed by atoms with Crippen LogP contribution >= 0.6 is 0 Å². The number of amides is 1.